The smallest absolute Gasteiger partial charge is 0.407 e. The standard InChI is InChI=1S/C13H20N2O2S/c1-9-6-10(7-14-11(9)18-5)8-15-12(16)17-13(2,3)4/h6-7H,8H2,1-5H3,(H,15,16). The highest BCUT2D eigenvalue weighted by Crippen LogP contribution is 2.17. The molecule has 0 fully saturated rings. The number of carbonyl (C=O) groups excluding carboxylic acids is 1. The largest absolute Gasteiger partial charge is 0.444 e. The third-order valence-electron chi connectivity index (χ3n) is 2.12. The van der Waals surface area contributed by atoms with Gasteiger partial charge in [0.15, 0.2) is 0 Å². The molecule has 0 bridgehead atoms. The highest BCUT2D eigenvalue weighted by Gasteiger charge is 2.15. The quantitative estimate of drug-likeness (QED) is 0.856. The van der Waals surface area contributed by atoms with Crippen LogP contribution in [0, 0.1) is 6.92 Å². The molecule has 4 nitrogen and oxygen atoms in total. The number of aryl methyl sites for hydroxylation is 1. The summed E-state index contributed by atoms with van der Waals surface area (Å²) in [5, 5.41) is 3.72. The van der Waals surface area contributed by atoms with Gasteiger partial charge in [-0.2, -0.15) is 0 Å². The Hall–Kier alpha value is -1.23. The molecular formula is C13H20N2O2S. The normalized spacial score (nSPS) is 11.2. The molecular weight excluding hydrogens is 248 g/mol. The van der Waals surface area contributed by atoms with Crippen molar-refractivity contribution in [2.75, 3.05) is 6.26 Å². The fourth-order valence-electron chi connectivity index (χ4n) is 1.42. The van der Waals surface area contributed by atoms with Gasteiger partial charge in [0, 0.05) is 12.7 Å². The van der Waals surface area contributed by atoms with E-state index in [9.17, 15) is 4.79 Å². The van der Waals surface area contributed by atoms with Crippen LogP contribution in [0.2, 0.25) is 0 Å². The Morgan fingerprint density at radius 2 is 2.17 bits per heavy atom. The number of rotatable bonds is 3. The van der Waals surface area contributed by atoms with Gasteiger partial charge in [-0.05, 0) is 45.1 Å². The second-order valence-electron chi connectivity index (χ2n) is 5.03. The van der Waals surface area contributed by atoms with E-state index in [2.05, 4.69) is 10.3 Å². The first-order valence-electron chi connectivity index (χ1n) is 5.78. The van der Waals surface area contributed by atoms with Crippen LogP contribution in [0.15, 0.2) is 17.3 Å². The van der Waals surface area contributed by atoms with Crippen molar-refractivity contribution in [3.63, 3.8) is 0 Å². The lowest BCUT2D eigenvalue weighted by Gasteiger charge is -2.19. The second kappa shape index (κ2) is 6.09. The van der Waals surface area contributed by atoms with E-state index in [-0.39, 0.29) is 0 Å². The number of amides is 1. The summed E-state index contributed by atoms with van der Waals surface area (Å²) in [4.78, 5) is 15.8. The van der Waals surface area contributed by atoms with Gasteiger partial charge in [-0.25, -0.2) is 9.78 Å². The summed E-state index contributed by atoms with van der Waals surface area (Å²) >= 11 is 1.61. The Labute approximate surface area is 113 Å². The van der Waals surface area contributed by atoms with Gasteiger partial charge in [0.25, 0.3) is 0 Å². The lowest BCUT2D eigenvalue weighted by molar-refractivity contribution is 0.0523. The Balaban J connectivity index is 2.54. The van der Waals surface area contributed by atoms with Crippen LogP contribution in [0.4, 0.5) is 4.79 Å². The van der Waals surface area contributed by atoms with E-state index in [0.29, 0.717) is 6.54 Å². The van der Waals surface area contributed by atoms with Crippen molar-refractivity contribution in [2.45, 2.75) is 44.9 Å². The molecule has 1 N–H and O–H groups in total. The van der Waals surface area contributed by atoms with Crippen LogP contribution in [-0.4, -0.2) is 22.9 Å². The molecule has 0 aliphatic heterocycles. The molecule has 18 heavy (non-hydrogen) atoms. The summed E-state index contributed by atoms with van der Waals surface area (Å²) in [5.74, 6) is 0. The van der Waals surface area contributed by atoms with E-state index >= 15 is 0 Å². The maximum atomic E-state index is 11.5. The molecule has 0 saturated carbocycles. The fourth-order valence-corrected chi connectivity index (χ4v) is 1.96. The predicted molar refractivity (Wildman–Crippen MR) is 73.8 cm³/mol. The lowest BCUT2D eigenvalue weighted by atomic mass is 10.2. The number of thioether (sulfide) groups is 1. The molecule has 1 aromatic rings. The number of nitrogens with one attached hydrogen (secondary N) is 1. The predicted octanol–water partition coefficient (Wildman–Crippen LogP) is 3.14. The van der Waals surface area contributed by atoms with Gasteiger partial charge in [-0.3, -0.25) is 0 Å². The van der Waals surface area contributed by atoms with Crippen molar-refractivity contribution < 1.29 is 9.53 Å². The molecule has 0 unspecified atom stereocenters. The molecule has 0 aliphatic rings. The molecule has 0 aromatic carbocycles. The summed E-state index contributed by atoms with van der Waals surface area (Å²) in [6.45, 7) is 7.95. The molecule has 0 atom stereocenters. The zero-order chi connectivity index (χ0) is 13.8. The van der Waals surface area contributed by atoms with Gasteiger partial charge in [0.2, 0.25) is 0 Å². The maximum absolute atomic E-state index is 11.5. The molecule has 100 valence electrons. The van der Waals surface area contributed by atoms with Crippen molar-refractivity contribution in [1.82, 2.24) is 10.3 Å². The van der Waals surface area contributed by atoms with Crippen LogP contribution in [0.25, 0.3) is 0 Å². The van der Waals surface area contributed by atoms with Gasteiger partial charge in [-0.15, -0.1) is 11.8 Å². The van der Waals surface area contributed by atoms with E-state index in [1.165, 1.54) is 0 Å². The lowest BCUT2D eigenvalue weighted by Crippen LogP contribution is -2.32. The third kappa shape index (κ3) is 4.96. The van der Waals surface area contributed by atoms with Crippen LogP contribution in [0.1, 0.15) is 31.9 Å². The molecule has 0 aliphatic carbocycles. The number of aromatic nitrogens is 1. The van der Waals surface area contributed by atoms with Crippen LogP contribution < -0.4 is 5.32 Å². The summed E-state index contributed by atoms with van der Waals surface area (Å²) < 4.78 is 5.16. The molecule has 1 amide bonds. The van der Waals surface area contributed by atoms with Crippen molar-refractivity contribution in [2.24, 2.45) is 0 Å². The number of nitrogens with zero attached hydrogens (tertiary/aromatic N) is 1. The molecule has 1 rings (SSSR count). The monoisotopic (exact) mass is 268 g/mol. The number of pyridine rings is 1. The topological polar surface area (TPSA) is 51.2 Å². The maximum Gasteiger partial charge on any atom is 0.407 e. The zero-order valence-corrected chi connectivity index (χ0v) is 12.4. The van der Waals surface area contributed by atoms with Gasteiger partial charge >= 0.3 is 6.09 Å². The second-order valence-corrected chi connectivity index (χ2v) is 5.82. The number of alkyl carbamates (subject to hydrolysis) is 1. The average Bonchev–Trinajstić information content (AvgIpc) is 2.24. The molecule has 0 radical (unpaired) electrons. The summed E-state index contributed by atoms with van der Waals surface area (Å²) in [6, 6.07) is 2.02. The van der Waals surface area contributed by atoms with E-state index in [1.807, 2.05) is 40.0 Å². The summed E-state index contributed by atoms with van der Waals surface area (Å²) in [5.41, 5.74) is 1.61. The van der Waals surface area contributed by atoms with Crippen molar-refractivity contribution in [3.05, 3.63) is 23.4 Å². The number of hydrogen-bond acceptors (Lipinski definition) is 4. The zero-order valence-electron chi connectivity index (χ0n) is 11.5. The first-order chi connectivity index (χ1) is 8.31. The van der Waals surface area contributed by atoms with Crippen molar-refractivity contribution >= 4 is 17.9 Å². The molecule has 5 heteroatoms. The first-order valence-corrected chi connectivity index (χ1v) is 7.00. The minimum atomic E-state index is -0.471. The van der Waals surface area contributed by atoms with E-state index < -0.39 is 11.7 Å². The molecule has 0 saturated heterocycles. The SMILES string of the molecule is CSc1ncc(CNC(=O)OC(C)(C)C)cc1C. The van der Waals surface area contributed by atoms with E-state index in [1.54, 1.807) is 18.0 Å². The first kappa shape index (κ1) is 14.8. The fraction of sp³-hybridized carbons (Fsp3) is 0.538. The number of hydrogen-bond donors (Lipinski definition) is 1. The van der Waals surface area contributed by atoms with Gasteiger partial charge < -0.3 is 10.1 Å². The van der Waals surface area contributed by atoms with Crippen LogP contribution in [-0.2, 0) is 11.3 Å². The summed E-state index contributed by atoms with van der Waals surface area (Å²) in [7, 11) is 0. The number of ether oxygens (including phenoxy) is 1. The Bertz CT molecular complexity index is 427. The third-order valence-corrected chi connectivity index (χ3v) is 2.93. The van der Waals surface area contributed by atoms with Crippen LogP contribution in [0.5, 0.6) is 0 Å². The van der Waals surface area contributed by atoms with E-state index in [0.717, 1.165) is 16.2 Å². The van der Waals surface area contributed by atoms with Gasteiger partial charge in [-0.1, -0.05) is 6.07 Å². The van der Waals surface area contributed by atoms with Crippen molar-refractivity contribution in [1.29, 1.82) is 0 Å². The van der Waals surface area contributed by atoms with E-state index in [4.69, 9.17) is 4.74 Å². The molecule has 1 heterocycles. The number of carbonyl (C=O) groups is 1. The van der Waals surface area contributed by atoms with Crippen LogP contribution in [0.3, 0.4) is 0 Å². The minimum Gasteiger partial charge on any atom is -0.444 e. The Kier molecular flexibility index (Phi) is 5.02. The molecule has 0 spiro atoms. The van der Waals surface area contributed by atoms with Gasteiger partial charge in [0.05, 0.1) is 5.03 Å². The van der Waals surface area contributed by atoms with Gasteiger partial charge in [0.1, 0.15) is 5.60 Å². The van der Waals surface area contributed by atoms with Crippen LogP contribution >= 0.6 is 11.8 Å². The average molecular weight is 268 g/mol. The Morgan fingerprint density at radius 3 is 2.67 bits per heavy atom. The minimum absolute atomic E-state index is 0.408. The Morgan fingerprint density at radius 1 is 1.50 bits per heavy atom. The summed E-state index contributed by atoms with van der Waals surface area (Å²) in [6.07, 6.45) is 3.36. The highest BCUT2D eigenvalue weighted by molar-refractivity contribution is 7.98. The molecule has 1 aromatic heterocycles. The highest BCUT2D eigenvalue weighted by atomic mass is 32.2. The van der Waals surface area contributed by atoms with Crippen molar-refractivity contribution in [3.8, 4) is 0 Å².